The second-order valence-electron chi connectivity index (χ2n) is 45.0. The lowest BCUT2D eigenvalue weighted by Crippen LogP contribution is -2.46. The van der Waals surface area contributed by atoms with Crippen LogP contribution in [0.2, 0.25) is 0 Å². The summed E-state index contributed by atoms with van der Waals surface area (Å²) in [4.78, 5) is 94.8. The number of carbonyl (C=O) groups is 4. The van der Waals surface area contributed by atoms with Crippen molar-refractivity contribution in [2.75, 3.05) is 16.4 Å². The Morgan fingerprint density at radius 2 is 0.910 bits per heavy atom. The molecule has 5 amide bonds. The number of amidine groups is 1. The minimum atomic E-state index is -0.654. The predicted octanol–water partition coefficient (Wildman–Crippen LogP) is 17.6. The Labute approximate surface area is 846 Å². The first-order chi connectivity index (χ1) is 67.8. The number of imidazole rings is 7. The SMILES string of the molecule is CC(=O)NC1=CC=N[N+]2=C(C(C)(C)C)C=NC12.CC(C)(C)C1=[N+]2N=CN=C(NC(N)=O)C2N=C1.CC(C)(C)c1cnc2c(CC(N)=O)cccn12.CC(C)(C)c1cnc2c(F)nccn12.CC(C)(C)c1cnc2c(N)ccnn12.CC(C)(C)c1cnc2c(NC3CC3)cccn12.CC(C)(C)c1cnc2c(Nc3ccccc3)cccn12.CC(C)(C)c1cnc2ccccn12.CC(C)(C)c1cnc2cncc(C(N)=O)n12. The fourth-order valence-corrected chi connectivity index (χ4v) is 15.9. The lowest BCUT2D eigenvalue weighted by Gasteiger charge is -2.18. The van der Waals surface area contributed by atoms with Crippen molar-refractivity contribution in [3.05, 3.63) is 259 Å². The van der Waals surface area contributed by atoms with Gasteiger partial charge in [-0.3, -0.25) is 33.5 Å². The van der Waals surface area contributed by atoms with Crippen LogP contribution in [0.25, 0.3) is 39.5 Å². The van der Waals surface area contributed by atoms with Crippen LogP contribution < -0.4 is 44.2 Å². The molecule has 36 nitrogen and oxygen atoms in total. The van der Waals surface area contributed by atoms with E-state index >= 15 is 0 Å². The zero-order chi connectivity index (χ0) is 106. The Kier molecular flexibility index (Phi) is 32.2. The van der Waals surface area contributed by atoms with Gasteiger partial charge in [-0.25, -0.2) is 64.2 Å². The number of nitrogen functional groups attached to an aromatic ring is 1. The molecule has 12 N–H and O–H groups in total. The number of primary amides is 3. The van der Waals surface area contributed by atoms with Gasteiger partial charge in [0.15, 0.2) is 34.6 Å². The fourth-order valence-electron chi connectivity index (χ4n) is 15.9. The van der Waals surface area contributed by atoms with Gasteiger partial charge < -0.3 is 56.5 Å². The van der Waals surface area contributed by atoms with Crippen LogP contribution in [0, 0.1) is 16.8 Å². The normalized spacial score (nSPS) is 15.0. The van der Waals surface area contributed by atoms with E-state index in [1.165, 1.54) is 55.6 Å². The number of nitrogens with two attached hydrogens (primary N) is 4. The largest absolute Gasteiger partial charge is 0.396 e. The third-order valence-corrected chi connectivity index (χ3v) is 23.4. The van der Waals surface area contributed by atoms with Gasteiger partial charge in [0, 0.05) is 176 Å². The van der Waals surface area contributed by atoms with Gasteiger partial charge in [-0.1, -0.05) is 227 Å². The maximum Gasteiger partial charge on any atom is 0.335 e. The lowest BCUT2D eigenvalue weighted by molar-refractivity contribution is -0.559. The molecule has 1 fully saturated rings. The summed E-state index contributed by atoms with van der Waals surface area (Å²) in [6.45, 7) is 59.0. The van der Waals surface area contributed by atoms with E-state index in [9.17, 15) is 23.6 Å². The van der Waals surface area contributed by atoms with Crippen LogP contribution in [-0.4, -0.2) is 175 Å². The van der Waals surface area contributed by atoms with Crippen LogP contribution in [0.1, 0.15) is 263 Å². The molecular formula is C108H141FN32O4+2. The maximum atomic E-state index is 13.2. The number of nitrogens with one attached hydrogen (secondary N) is 4. The Hall–Kier alpha value is -15.7. The summed E-state index contributed by atoms with van der Waals surface area (Å²) in [5, 5.41) is 24.9. The van der Waals surface area contributed by atoms with Crippen LogP contribution in [0.3, 0.4) is 0 Å². The Morgan fingerprint density at radius 1 is 0.441 bits per heavy atom. The van der Waals surface area contributed by atoms with Crippen LogP contribution in [0.4, 0.5) is 31.9 Å². The number of hydrogen-bond donors (Lipinski definition) is 8. The number of urea groups is 1. The number of aromatic nitrogens is 17. The number of hydrazone groups is 2. The predicted molar refractivity (Wildman–Crippen MR) is 576 cm³/mol. The average molecular weight is 1970 g/mol. The molecule has 20 rings (SSSR count). The van der Waals surface area contributed by atoms with Gasteiger partial charge in [0.1, 0.15) is 22.7 Å². The van der Waals surface area contributed by atoms with E-state index in [-0.39, 0.29) is 78.8 Å². The third kappa shape index (κ3) is 26.6. The van der Waals surface area contributed by atoms with Gasteiger partial charge >= 0.3 is 18.4 Å². The molecule has 0 radical (unpaired) electrons. The van der Waals surface area contributed by atoms with Crippen LogP contribution in [-0.2, 0) is 53.9 Å². The molecule has 18 heterocycles. The van der Waals surface area contributed by atoms with Gasteiger partial charge in [-0.15, -0.1) is 0 Å². The first kappa shape index (κ1) is 108. The van der Waals surface area contributed by atoms with Gasteiger partial charge in [0.2, 0.25) is 29.1 Å². The summed E-state index contributed by atoms with van der Waals surface area (Å²) in [5.41, 5.74) is 42.8. The Morgan fingerprint density at radius 3 is 1.45 bits per heavy atom. The fraction of sp³-hybridized carbons (Fsp3) is 0.398. The molecule has 2 atom stereocenters. The summed E-state index contributed by atoms with van der Waals surface area (Å²) >= 11 is 0. The summed E-state index contributed by atoms with van der Waals surface area (Å²) in [7, 11) is 0. The van der Waals surface area contributed by atoms with Crippen molar-refractivity contribution in [3.8, 4) is 0 Å². The molecule has 1 saturated carbocycles. The molecule has 0 spiro atoms. The van der Waals surface area contributed by atoms with Crippen LogP contribution >= 0.6 is 0 Å². The number of carbonyl (C=O) groups excluding carboxylic acids is 4. The number of rotatable bonds is 8. The summed E-state index contributed by atoms with van der Waals surface area (Å²) in [6.07, 6.45) is 39.8. The highest BCUT2D eigenvalue weighted by Crippen LogP contribution is 2.35. The van der Waals surface area contributed by atoms with Gasteiger partial charge in [-0.2, -0.15) is 9.49 Å². The second-order valence-corrected chi connectivity index (χ2v) is 45.0. The first-order valence-corrected chi connectivity index (χ1v) is 48.2. The molecule has 37 heteroatoms. The van der Waals surface area contributed by atoms with Crippen molar-refractivity contribution in [2.45, 2.75) is 269 Å². The van der Waals surface area contributed by atoms with E-state index in [0.717, 1.165) is 90.8 Å². The molecule has 1 aromatic carbocycles. The maximum absolute atomic E-state index is 13.2. The van der Waals surface area contributed by atoms with E-state index in [0.29, 0.717) is 28.9 Å². The van der Waals surface area contributed by atoms with Crippen molar-refractivity contribution in [1.29, 1.82) is 0 Å². The molecule has 762 valence electrons. The molecule has 14 aromatic heterocycles. The molecule has 0 bridgehead atoms. The number of amides is 5. The molecule has 145 heavy (non-hydrogen) atoms. The van der Waals surface area contributed by atoms with E-state index in [4.69, 9.17) is 22.9 Å². The first-order valence-electron chi connectivity index (χ1n) is 48.2. The van der Waals surface area contributed by atoms with Crippen molar-refractivity contribution in [3.63, 3.8) is 0 Å². The zero-order valence-electron chi connectivity index (χ0n) is 88.7. The number of fused-ring (bicyclic) bond motifs is 9. The minimum Gasteiger partial charge on any atom is -0.396 e. The number of benzene rings is 1. The monoisotopic (exact) mass is 1970 g/mol. The molecular weight excluding hydrogens is 1830 g/mol. The van der Waals surface area contributed by atoms with Crippen molar-refractivity contribution in [1.82, 2.24) is 91.5 Å². The molecule has 2 unspecified atom stereocenters. The molecule has 1 aliphatic carbocycles. The number of halogens is 1. The van der Waals surface area contributed by atoms with Gasteiger partial charge in [-0.05, 0) is 84.7 Å². The highest BCUT2D eigenvalue weighted by Gasteiger charge is 2.44. The number of nitrogens with zero attached hydrogens (tertiary/aromatic N) is 24. The van der Waals surface area contributed by atoms with E-state index in [2.05, 4.69) is 352 Å². The lowest BCUT2D eigenvalue weighted by atomic mass is 9.90. The highest BCUT2D eigenvalue weighted by atomic mass is 19.1. The second kappa shape index (κ2) is 43.2. The Bertz CT molecular complexity index is 7300. The molecule has 0 saturated heterocycles. The number of aliphatic imine (C=N–C) groups is 3. The van der Waals surface area contributed by atoms with E-state index < -0.39 is 24.1 Å². The number of hydrogen-bond acceptors (Lipinski definition) is 22. The Balaban J connectivity index is 0.000000146. The standard InChI is InChI=1S/C17H19N3.C14H19N3.C13H17N3O.C12H16N4O.C11H14N4O.C11H14N2.C10H12FN3.C10H14N6O.C10H14N4/c1-17(2,3)15-12-18-16-14(10-7-11-20(15)16)19-13-8-5-4-6-9-13;1-14(2,3)12-9-15-13-11(16-10-6-7-10)5-4-8-17(12)13;1-13(2,3)10-8-15-12-9(7-11(14)17)5-4-6-16(10)12;1-8(17)15-9-5-6-14-16-10(12(2,3)4)7-13-11(9)16;1-11(2,3)8-5-14-9-6-13-4-7(10(12)16)15(8)9;1-11(2,3)9-8-12-10-6-4-5-7-13(9)10;1-10(2,3)7-6-13-9-8(11)12-4-5-14(7)9;1-10(2,3)6-4-12-8-7(15-9(11)17)13-5-14-16(6)8;1-10(2,3)8-6-12-9-7(11)4-5-13-14(8)9/h4-12,19H,1-3H3;4-5,8-10,16H,6-7H2,1-3H3;4-6,8H,7H2,1-3H3,(H2,14,17);5-7,11H,1-4H3;4-6H,1-3H3,(H2,12,16);4-8H,1-3H3;4-6H,1-3H3;4-5,8H,1-3H3,(H2-,11,12,13,14,15,17);4-6H,11H2,1-3H3/p+2. The topological polar surface area (TPSA) is 448 Å². The van der Waals surface area contributed by atoms with E-state index in [1.807, 2.05) is 101 Å². The summed E-state index contributed by atoms with van der Waals surface area (Å²) < 4.78 is 30.6. The van der Waals surface area contributed by atoms with Crippen molar-refractivity contribution >= 4 is 128 Å². The van der Waals surface area contributed by atoms with Crippen LogP contribution in [0.15, 0.2) is 227 Å². The summed E-state index contributed by atoms with van der Waals surface area (Å²) in [6, 6.07) is 30.1. The number of allylic oxidation sites excluding steroid dienone is 1. The van der Waals surface area contributed by atoms with Crippen molar-refractivity contribution in [2.24, 2.45) is 53.2 Å². The number of anilines is 4. The third-order valence-electron chi connectivity index (χ3n) is 23.4. The van der Waals surface area contributed by atoms with E-state index in [1.54, 1.807) is 73.6 Å². The highest BCUT2D eigenvalue weighted by molar-refractivity contribution is 6.32. The zero-order valence-corrected chi connectivity index (χ0v) is 88.7. The number of para-hydroxylation sites is 1. The van der Waals surface area contributed by atoms with Crippen LogP contribution in [0.5, 0.6) is 0 Å². The molecule has 5 aliphatic rings. The quantitative estimate of drug-likeness (QED) is 0.0655. The van der Waals surface area contributed by atoms with Gasteiger partial charge in [0.25, 0.3) is 11.9 Å². The van der Waals surface area contributed by atoms with Crippen molar-refractivity contribution < 1.29 is 32.9 Å². The molecule has 15 aromatic rings. The minimum absolute atomic E-state index is 0.0186. The summed E-state index contributed by atoms with van der Waals surface area (Å²) in [5.74, 6) is -1.06. The smallest absolute Gasteiger partial charge is 0.335 e. The molecule has 4 aliphatic heterocycles. The average Bonchev–Trinajstić information content (AvgIpc) is 1.65. The van der Waals surface area contributed by atoms with Gasteiger partial charge in [0.05, 0.1) is 83.4 Å². The number of pyridine rings is 4.